The van der Waals surface area contributed by atoms with E-state index in [1.165, 1.54) is 18.6 Å². The molecule has 0 heterocycles. The monoisotopic (exact) mass is 287 g/mol. The first-order chi connectivity index (χ1) is 10.1. The summed E-state index contributed by atoms with van der Waals surface area (Å²) < 4.78 is 28.4. The molecule has 21 heavy (non-hydrogen) atoms. The lowest BCUT2D eigenvalue weighted by molar-refractivity contribution is 0.415. The molecule has 1 unspecified atom stereocenters. The van der Waals surface area contributed by atoms with Crippen molar-refractivity contribution in [3.8, 4) is 0 Å². The molecule has 0 radical (unpaired) electrons. The van der Waals surface area contributed by atoms with Crippen LogP contribution in [0.2, 0.25) is 0 Å². The summed E-state index contributed by atoms with van der Waals surface area (Å²) in [5.41, 5.74) is 8.59. The second kappa shape index (κ2) is 5.57. The fourth-order valence-electron chi connectivity index (χ4n) is 3.00. The van der Waals surface area contributed by atoms with Crippen LogP contribution in [0.5, 0.6) is 0 Å². The zero-order valence-electron chi connectivity index (χ0n) is 12.1. The van der Waals surface area contributed by atoms with Crippen molar-refractivity contribution < 1.29 is 8.78 Å². The van der Waals surface area contributed by atoms with Crippen molar-refractivity contribution in [1.82, 2.24) is 0 Å². The first kappa shape index (κ1) is 14.2. The maximum Gasteiger partial charge on any atom is 0.134 e. The van der Waals surface area contributed by atoms with Crippen LogP contribution in [-0.4, -0.2) is 0 Å². The summed E-state index contributed by atoms with van der Waals surface area (Å²) in [5, 5.41) is 0. The molecule has 2 N–H and O–H groups in total. The van der Waals surface area contributed by atoms with E-state index in [1.807, 2.05) is 24.3 Å². The minimum absolute atomic E-state index is 0.0261. The number of hydrogen-bond donors (Lipinski definition) is 1. The van der Waals surface area contributed by atoms with Gasteiger partial charge in [-0.15, -0.1) is 0 Å². The Morgan fingerprint density at radius 3 is 2.48 bits per heavy atom. The second-order valence-electron chi connectivity index (χ2n) is 5.83. The van der Waals surface area contributed by atoms with Gasteiger partial charge in [0.15, 0.2) is 0 Å². The summed E-state index contributed by atoms with van der Waals surface area (Å²) in [7, 11) is 0. The number of nitrogens with two attached hydrogens (primary N) is 1. The standard InChI is InChI=1S/C18H19F2N/c1-11-9-10-15(19)16(17(11)20)18(21)14-8-3-2-7-13(14)12-5-4-6-12/h2-3,7-10,12,18H,4-6,21H2,1H3. The van der Waals surface area contributed by atoms with Gasteiger partial charge in [0.1, 0.15) is 11.6 Å². The summed E-state index contributed by atoms with van der Waals surface area (Å²) in [6.07, 6.45) is 3.46. The summed E-state index contributed by atoms with van der Waals surface area (Å²) >= 11 is 0. The lowest BCUT2D eigenvalue weighted by Gasteiger charge is -2.30. The molecule has 1 aliphatic carbocycles. The van der Waals surface area contributed by atoms with Crippen LogP contribution in [0.1, 0.15) is 53.5 Å². The first-order valence-corrected chi connectivity index (χ1v) is 7.38. The van der Waals surface area contributed by atoms with Crippen molar-refractivity contribution in [2.24, 2.45) is 5.73 Å². The van der Waals surface area contributed by atoms with Gasteiger partial charge in [0.25, 0.3) is 0 Å². The molecule has 3 rings (SSSR count). The SMILES string of the molecule is Cc1ccc(F)c(C(N)c2ccccc2C2CCC2)c1F. The van der Waals surface area contributed by atoms with E-state index in [4.69, 9.17) is 5.73 Å². The number of rotatable bonds is 3. The van der Waals surface area contributed by atoms with Gasteiger partial charge in [0.05, 0.1) is 6.04 Å². The highest BCUT2D eigenvalue weighted by Gasteiger charge is 2.27. The fraction of sp³-hybridized carbons (Fsp3) is 0.333. The molecule has 0 aliphatic heterocycles. The van der Waals surface area contributed by atoms with E-state index in [-0.39, 0.29) is 5.56 Å². The van der Waals surface area contributed by atoms with Crippen molar-refractivity contribution in [2.45, 2.75) is 38.1 Å². The molecule has 0 spiro atoms. The molecule has 110 valence electrons. The van der Waals surface area contributed by atoms with Gasteiger partial charge in [-0.25, -0.2) is 8.78 Å². The van der Waals surface area contributed by atoms with Crippen LogP contribution in [0.4, 0.5) is 8.78 Å². The largest absolute Gasteiger partial charge is 0.320 e. The Labute approximate surface area is 123 Å². The molecule has 1 atom stereocenters. The van der Waals surface area contributed by atoms with Crippen molar-refractivity contribution in [2.75, 3.05) is 0 Å². The Morgan fingerprint density at radius 1 is 1.10 bits per heavy atom. The van der Waals surface area contributed by atoms with E-state index in [1.54, 1.807) is 6.92 Å². The summed E-state index contributed by atoms with van der Waals surface area (Å²) in [4.78, 5) is 0. The van der Waals surface area contributed by atoms with E-state index < -0.39 is 17.7 Å². The zero-order valence-corrected chi connectivity index (χ0v) is 12.1. The van der Waals surface area contributed by atoms with Crippen LogP contribution in [0.3, 0.4) is 0 Å². The Hall–Kier alpha value is -1.74. The molecule has 0 amide bonds. The third-order valence-electron chi connectivity index (χ3n) is 4.51. The Kier molecular flexibility index (Phi) is 3.77. The predicted octanol–water partition coefficient (Wildman–Crippen LogP) is 4.59. The van der Waals surface area contributed by atoms with Crippen LogP contribution in [-0.2, 0) is 0 Å². The molecule has 0 bridgehead atoms. The van der Waals surface area contributed by atoms with Crippen LogP contribution in [0.15, 0.2) is 36.4 Å². The number of hydrogen-bond acceptors (Lipinski definition) is 1. The maximum absolute atomic E-state index is 14.3. The Balaban J connectivity index is 2.07. The van der Waals surface area contributed by atoms with Crippen molar-refractivity contribution in [3.05, 3.63) is 70.3 Å². The van der Waals surface area contributed by atoms with Gasteiger partial charge < -0.3 is 5.73 Å². The van der Waals surface area contributed by atoms with Crippen LogP contribution >= 0.6 is 0 Å². The molecule has 0 saturated heterocycles. The van der Waals surface area contributed by atoms with E-state index >= 15 is 0 Å². The third kappa shape index (κ3) is 2.46. The van der Waals surface area contributed by atoms with E-state index in [0.29, 0.717) is 11.5 Å². The molecule has 1 fully saturated rings. The van der Waals surface area contributed by atoms with Crippen LogP contribution in [0, 0.1) is 18.6 Å². The topological polar surface area (TPSA) is 26.0 Å². The van der Waals surface area contributed by atoms with E-state index in [2.05, 4.69) is 0 Å². The molecule has 1 saturated carbocycles. The highest BCUT2D eigenvalue weighted by atomic mass is 19.1. The molecule has 2 aromatic carbocycles. The first-order valence-electron chi connectivity index (χ1n) is 7.38. The third-order valence-corrected chi connectivity index (χ3v) is 4.51. The van der Waals surface area contributed by atoms with Gasteiger partial charge in [0, 0.05) is 5.56 Å². The summed E-state index contributed by atoms with van der Waals surface area (Å²) in [6, 6.07) is 9.74. The van der Waals surface area contributed by atoms with Crippen molar-refractivity contribution >= 4 is 0 Å². The van der Waals surface area contributed by atoms with Gasteiger partial charge in [-0.3, -0.25) is 0 Å². The number of aryl methyl sites for hydroxylation is 1. The van der Waals surface area contributed by atoms with Gasteiger partial charge in [-0.2, -0.15) is 0 Å². The van der Waals surface area contributed by atoms with Crippen LogP contribution in [0.25, 0.3) is 0 Å². The van der Waals surface area contributed by atoms with E-state index in [0.717, 1.165) is 24.0 Å². The molecule has 2 aromatic rings. The Morgan fingerprint density at radius 2 is 1.81 bits per heavy atom. The van der Waals surface area contributed by atoms with Gasteiger partial charge >= 0.3 is 0 Å². The summed E-state index contributed by atoms with van der Waals surface area (Å²) in [6.45, 7) is 1.63. The fourth-order valence-corrected chi connectivity index (χ4v) is 3.00. The highest BCUT2D eigenvalue weighted by Crippen LogP contribution is 2.40. The van der Waals surface area contributed by atoms with Crippen molar-refractivity contribution in [1.29, 1.82) is 0 Å². The van der Waals surface area contributed by atoms with Gasteiger partial charge in [-0.1, -0.05) is 36.8 Å². The number of benzene rings is 2. The minimum atomic E-state index is -0.762. The average Bonchev–Trinajstić information content (AvgIpc) is 2.42. The predicted molar refractivity (Wildman–Crippen MR) is 80.2 cm³/mol. The molecule has 3 heteroatoms. The summed E-state index contributed by atoms with van der Waals surface area (Å²) in [5.74, 6) is -0.636. The molecular formula is C18H19F2N. The highest BCUT2D eigenvalue weighted by molar-refractivity contribution is 5.41. The zero-order chi connectivity index (χ0) is 15.0. The molecular weight excluding hydrogens is 268 g/mol. The average molecular weight is 287 g/mol. The van der Waals surface area contributed by atoms with Gasteiger partial charge in [-0.05, 0) is 48.4 Å². The minimum Gasteiger partial charge on any atom is -0.320 e. The van der Waals surface area contributed by atoms with Crippen molar-refractivity contribution in [3.63, 3.8) is 0 Å². The molecule has 1 aliphatic rings. The molecule has 0 aromatic heterocycles. The molecule has 1 nitrogen and oxygen atoms in total. The maximum atomic E-state index is 14.3. The smallest absolute Gasteiger partial charge is 0.134 e. The van der Waals surface area contributed by atoms with Gasteiger partial charge in [0.2, 0.25) is 0 Å². The lowest BCUT2D eigenvalue weighted by atomic mass is 9.76. The number of halogens is 2. The normalized spacial score (nSPS) is 16.6. The lowest BCUT2D eigenvalue weighted by Crippen LogP contribution is -2.20. The quantitative estimate of drug-likeness (QED) is 0.878. The second-order valence-corrected chi connectivity index (χ2v) is 5.83. The van der Waals surface area contributed by atoms with Crippen LogP contribution < -0.4 is 5.73 Å². The van der Waals surface area contributed by atoms with E-state index in [9.17, 15) is 8.78 Å². The Bertz CT molecular complexity index is 662.